The molecule has 0 saturated carbocycles. The number of rotatable bonds is 7. The molecule has 0 aliphatic rings. The summed E-state index contributed by atoms with van der Waals surface area (Å²) in [5.41, 5.74) is 9.83. The Balaban J connectivity index is 0.00000441. The lowest BCUT2D eigenvalue weighted by atomic mass is 10.0. The van der Waals surface area contributed by atoms with Crippen LogP contribution in [-0.2, 0) is 11.2 Å². The van der Waals surface area contributed by atoms with Crippen LogP contribution < -0.4 is 5.73 Å². The van der Waals surface area contributed by atoms with Gasteiger partial charge in [-0.15, -0.1) is 12.4 Å². The van der Waals surface area contributed by atoms with Gasteiger partial charge in [-0.25, -0.2) is 0 Å². The Morgan fingerprint density at radius 3 is 2.45 bits per heavy atom. The van der Waals surface area contributed by atoms with Crippen LogP contribution in [0.3, 0.4) is 0 Å². The third-order valence-corrected chi connectivity index (χ3v) is 4.19. The lowest BCUT2D eigenvalue weighted by Gasteiger charge is -2.21. The Morgan fingerprint density at radius 1 is 1.27 bits per heavy atom. The van der Waals surface area contributed by atoms with Crippen molar-refractivity contribution in [3.05, 3.63) is 34.9 Å². The highest BCUT2D eigenvalue weighted by atomic mass is 35.5. The van der Waals surface area contributed by atoms with Crippen molar-refractivity contribution in [2.24, 2.45) is 11.7 Å². The number of halogens is 1. The van der Waals surface area contributed by atoms with E-state index >= 15 is 0 Å². The predicted octanol–water partition coefficient (Wildman–Crippen LogP) is 3.49. The van der Waals surface area contributed by atoms with Gasteiger partial charge in [0, 0.05) is 26.1 Å². The highest BCUT2D eigenvalue weighted by molar-refractivity contribution is 5.85. The number of nitrogens with zero attached hydrogens (tertiary/aromatic N) is 1. The van der Waals surface area contributed by atoms with Crippen molar-refractivity contribution in [2.75, 3.05) is 13.6 Å². The molecule has 0 aliphatic heterocycles. The number of carbonyl (C=O) groups excluding carboxylic acids is 1. The van der Waals surface area contributed by atoms with E-state index in [0.717, 1.165) is 19.4 Å². The highest BCUT2D eigenvalue weighted by Gasteiger charge is 2.13. The molecule has 0 aliphatic carbocycles. The number of amides is 1. The average Bonchev–Trinajstić information content (AvgIpc) is 2.42. The fourth-order valence-corrected chi connectivity index (χ4v) is 2.36. The first kappa shape index (κ1) is 20.9. The van der Waals surface area contributed by atoms with Gasteiger partial charge in [-0.3, -0.25) is 4.79 Å². The Labute approximate surface area is 141 Å². The van der Waals surface area contributed by atoms with E-state index in [-0.39, 0.29) is 24.4 Å². The average molecular weight is 327 g/mol. The fraction of sp³-hybridized carbons (Fsp3) is 0.611. The van der Waals surface area contributed by atoms with E-state index in [1.54, 1.807) is 0 Å². The molecule has 0 heterocycles. The van der Waals surface area contributed by atoms with Crippen molar-refractivity contribution >= 4 is 18.3 Å². The van der Waals surface area contributed by atoms with Crippen LogP contribution in [0.2, 0.25) is 0 Å². The monoisotopic (exact) mass is 326 g/mol. The Morgan fingerprint density at radius 2 is 1.91 bits per heavy atom. The van der Waals surface area contributed by atoms with Gasteiger partial charge in [-0.2, -0.15) is 0 Å². The zero-order valence-corrected chi connectivity index (χ0v) is 15.4. The third kappa shape index (κ3) is 6.80. The van der Waals surface area contributed by atoms with Crippen molar-refractivity contribution in [2.45, 2.75) is 53.0 Å². The van der Waals surface area contributed by atoms with E-state index in [9.17, 15) is 4.79 Å². The smallest absolute Gasteiger partial charge is 0.222 e. The van der Waals surface area contributed by atoms with Crippen LogP contribution in [0.15, 0.2) is 18.2 Å². The van der Waals surface area contributed by atoms with Crippen LogP contribution in [0.1, 0.15) is 43.4 Å². The minimum absolute atomic E-state index is 0. The van der Waals surface area contributed by atoms with Gasteiger partial charge in [0.25, 0.3) is 0 Å². The Kier molecular flexibility index (Phi) is 9.38. The molecule has 1 unspecified atom stereocenters. The molecule has 1 aromatic carbocycles. The van der Waals surface area contributed by atoms with Crippen LogP contribution in [0.5, 0.6) is 0 Å². The number of hydrogen-bond donors (Lipinski definition) is 1. The van der Waals surface area contributed by atoms with E-state index in [2.05, 4.69) is 45.9 Å². The van der Waals surface area contributed by atoms with Gasteiger partial charge >= 0.3 is 0 Å². The molecule has 0 fully saturated rings. The first-order valence-corrected chi connectivity index (χ1v) is 7.87. The maximum atomic E-state index is 12.2. The second-order valence-electron chi connectivity index (χ2n) is 6.44. The van der Waals surface area contributed by atoms with Crippen LogP contribution >= 0.6 is 12.4 Å². The van der Waals surface area contributed by atoms with Crippen LogP contribution in [-0.4, -0.2) is 30.4 Å². The summed E-state index contributed by atoms with van der Waals surface area (Å²) in [5, 5.41) is 0. The molecule has 2 N–H and O–H groups in total. The predicted molar refractivity (Wildman–Crippen MR) is 96.6 cm³/mol. The van der Waals surface area contributed by atoms with Gasteiger partial charge < -0.3 is 10.6 Å². The van der Waals surface area contributed by atoms with Crippen molar-refractivity contribution in [3.63, 3.8) is 0 Å². The molecule has 0 spiro atoms. The fourth-order valence-electron chi connectivity index (χ4n) is 2.36. The summed E-state index contributed by atoms with van der Waals surface area (Å²) in [6.07, 6.45) is 2.24. The summed E-state index contributed by atoms with van der Waals surface area (Å²) in [7, 11) is 1.87. The SMILES string of the molecule is Cc1ccc(CCC(=O)N(C)CCC(N)C(C)C)c(C)c1.Cl. The summed E-state index contributed by atoms with van der Waals surface area (Å²) in [5.74, 6) is 0.662. The molecular weight excluding hydrogens is 296 g/mol. The third-order valence-electron chi connectivity index (χ3n) is 4.19. The molecule has 0 radical (unpaired) electrons. The largest absolute Gasteiger partial charge is 0.346 e. The molecule has 4 heteroatoms. The summed E-state index contributed by atoms with van der Waals surface area (Å²) in [4.78, 5) is 14.0. The minimum Gasteiger partial charge on any atom is -0.346 e. The van der Waals surface area contributed by atoms with Gasteiger partial charge in [0.15, 0.2) is 0 Å². The van der Waals surface area contributed by atoms with Gasteiger partial charge in [-0.05, 0) is 43.7 Å². The van der Waals surface area contributed by atoms with Crippen LogP contribution in [0.4, 0.5) is 0 Å². The molecule has 1 rings (SSSR count). The molecule has 3 nitrogen and oxygen atoms in total. The molecule has 1 atom stereocenters. The normalized spacial score (nSPS) is 12.0. The maximum Gasteiger partial charge on any atom is 0.222 e. The molecule has 0 bridgehead atoms. The maximum absolute atomic E-state index is 12.2. The van der Waals surface area contributed by atoms with Crippen molar-refractivity contribution in [3.8, 4) is 0 Å². The summed E-state index contributed by atoms with van der Waals surface area (Å²) >= 11 is 0. The summed E-state index contributed by atoms with van der Waals surface area (Å²) in [6, 6.07) is 6.58. The second kappa shape index (κ2) is 9.86. The number of aryl methyl sites for hydroxylation is 3. The number of carbonyl (C=O) groups is 1. The zero-order valence-electron chi connectivity index (χ0n) is 14.6. The lowest BCUT2D eigenvalue weighted by molar-refractivity contribution is -0.129. The minimum atomic E-state index is 0. The molecule has 1 amide bonds. The van der Waals surface area contributed by atoms with Gasteiger partial charge in [0.1, 0.15) is 0 Å². The lowest BCUT2D eigenvalue weighted by Crippen LogP contribution is -2.34. The first-order chi connectivity index (χ1) is 9.81. The van der Waals surface area contributed by atoms with Crippen molar-refractivity contribution in [1.29, 1.82) is 0 Å². The van der Waals surface area contributed by atoms with E-state index in [4.69, 9.17) is 5.73 Å². The van der Waals surface area contributed by atoms with Crippen molar-refractivity contribution < 1.29 is 4.79 Å². The summed E-state index contributed by atoms with van der Waals surface area (Å²) in [6.45, 7) is 9.18. The molecule has 0 saturated heterocycles. The van der Waals surface area contributed by atoms with Gasteiger partial charge in [-0.1, -0.05) is 37.6 Å². The topological polar surface area (TPSA) is 46.3 Å². The number of hydrogen-bond acceptors (Lipinski definition) is 2. The first-order valence-electron chi connectivity index (χ1n) is 7.87. The van der Waals surface area contributed by atoms with Gasteiger partial charge in [0.05, 0.1) is 0 Å². The summed E-state index contributed by atoms with van der Waals surface area (Å²) < 4.78 is 0. The van der Waals surface area contributed by atoms with Crippen LogP contribution in [0, 0.1) is 19.8 Å². The zero-order chi connectivity index (χ0) is 16.0. The standard InChI is InChI=1S/C18H30N2O.ClH/c1-13(2)17(19)10-11-20(5)18(21)9-8-16-7-6-14(3)12-15(16)4;/h6-7,12-13,17H,8-11,19H2,1-5H3;1H. The van der Waals surface area contributed by atoms with Crippen LogP contribution in [0.25, 0.3) is 0 Å². The molecule has 0 aromatic heterocycles. The van der Waals surface area contributed by atoms with E-state index in [0.29, 0.717) is 12.3 Å². The Bertz CT molecular complexity index is 474. The van der Waals surface area contributed by atoms with E-state index in [1.807, 2.05) is 11.9 Å². The second-order valence-corrected chi connectivity index (χ2v) is 6.44. The molecule has 1 aromatic rings. The van der Waals surface area contributed by atoms with Crippen molar-refractivity contribution in [1.82, 2.24) is 4.90 Å². The van der Waals surface area contributed by atoms with E-state index < -0.39 is 0 Å². The Hall–Kier alpha value is -1.06. The van der Waals surface area contributed by atoms with E-state index in [1.165, 1.54) is 16.7 Å². The molecular formula is C18H31ClN2O. The highest BCUT2D eigenvalue weighted by Crippen LogP contribution is 2.13. The quantitative estimate of drug-likeness (QED) is 0.833. The molecule has 126 valence electrons. The van der Waals surface area contributed by atoms with Gasteiger partial charge in [0.2, 0.25) is 5.91 Å². The molecule has 22 heavy (non-hydrogen) atoms. The number of nitrogens with two attached hydrogens (primary N) is 1. The number of benzene rings is 1.